The van der Waals surface area contributed by atoms with Gasteiger partial charge in [-0.05, 0) is 46.5 Å². The van der Waals surface area contributed by atoms with E-state index in [2.05, 4.69) is 35.1 Å². The molecule has 1 amide bonds. The van der Waals surface area contributed by atoms with Crippen LogP contribution in [0.4, 0.5) is 0 Å². The molecule has 1 aromatic carbocycles. The van der Waals surface area contributed by atoms with Crippen LogP contribution in [0.1, 0.15) is 30.6 Å². The van der Waals surface area contributed by atoms with Gasteiger partial charge in [-0.25, -0.2) is 0 Å². The number of carbonyl (C=O) groups is 1. The number of rotatable bonds is 5. The summed E-state index contributed by atoms with van der Waals surface area (Å²) in [6, 6.07) is 5.34. The molecule has 0 heterocycles. The summed E-state index contributed by atoms with van der Waals surface area (Å²) in [5.74, 6) is 1.30. The molecule has 0 saturated carbocycles. The Morgan fingerprint density at radius 1 is 1.47 bits per heavy atom. The number of hydrogen-bond donors (Lipinski definition) is 1. The predicted octanol–water partition coefficient (Wildman–Crippen LogP) is 3.23. The molecule has 3 nitrogen and oxygen atoms in total. The largest absolute Gasteiger partial charge is 0.492 e. The molecule has 94 valence electrons. The van der Waals surface area contributed by atoms with Crippen LogP contribution in [0.15, 0.2) is 22.7 Å². The van der Waals surface area contributed by atoms with Crippen molar-refractivity contribution in [2.24, 2.45) is 5.92 Å². The summed E-state index contributed by atoms with van der Waals surface area (Å²) in [6.07, 6.45) is 1.02. The van der Waals surface area contributed by atoms with E-state index in [1.54, 1.807) is 19.2 Å². The molecule has 0 radical (unpaired) electrons. The van der Waals surface area contributed by atoms with E-state index in [0.29, 0.717) is 18.1 Å². The summed E-state index contributed by atoms with van der Waals surface area (Å²) >= 11 is 3.41. The quantitative estimate of drug-likeness (QED) is 0.906. The van der Waals surface area contributed by atoms with E-state index in [4.69, 9.17) is 4.74 Å². The molecule has 0 aliphatic carbocycles. The van der Waals surface area contributed by atoms with Gasteiger partial charge < -0.3 is 10.1 Å². The smallest absolute Gasteiger partial charge is 0.251 e. The van der Waals surface area contributed by atoms with Crippen molar-refractivity contribution in [2.45, 2.75) is 20.3 Å². The Labute approximate surface area is 111 Å². The highest BCUT2D eigenvalue weighted by Crippen LogP contribution is 2.26. The molecule has 0 aromatic heterocycles. The summed E-state index contributed by atoms with van der Waals surface area (Å²) < 4.78 is 6.45. The molecular formula is C13H18BrNO2. The van der Waals surface area contributed by atoms with E-state index < -0.39 is 0 Å². The molecule has 1 aromatic rings. The van der Waals surface area contributed by atoms with Crippen molar-refractivity contribution in [1.82, 2.24) is 5.32 Å². The highest BCUT2D eigenvalue weighted by Gasteiger charge is 2.07. The van der Waals surface area contributed by atoms with Crippen LogP contribution in [0.3, 0.4) is 0 Å². The summed E-state index contributed by atoms with van der Waals surface area (Å²) in [7, 11) is 1.61. The fraction of sp³-hybridized carbons (Fsp3) is 0.462. The topological polar surface area (TPSA) is 38.3 Å². The lowest BCUT2D eigenvalue weighted by Gasteiger charge is -2.10. The molecule has 1 N–H and O–H groups in total. The van der Waals surface area contributed by atoms with Gasteiger partial charge >= 0.3 is 0 Å². The van der Waals surface area contributed by atoms with Crippen molar-refractivity contribution in [3.8, 4) is 5.75 Å². The average Bonchev–Trinajstić information content (AvgIpc) is 2.29. The Morgan fingerprint density at radius 2 is 2.18 bits per heavy atom. The van der Waals surface area contributed by atoms with E-state index >= 15 is 0 Å². The van der Waals surface area contributed by atoms with Crippen molar-refractivity contribution >= 4 is 21.8 Å². The van der Waals surface area contributed by atoms with Crippen LogP contribution >= 0.6 is 15.9 Å². The molecule has 0 fully saturated rings. The third-order valence-corrected chi connectivity index (χ3v) is 2.99. The molecule has 0 spiro atoms. The summed E-state index contributed by atoms with van der Waals surface area (Å²) in [5.41, 5.74) is 0.621. The zero-order valence-corrected chi connectivity index (χ0v) is 12.0. The number of ether oxygens (including phenoxy) is 1. The lowest BCUT2D eigenvalue weighted by atomic mass is 10.1. The lowest BCUT2D eigenvalue weighted by Crippen LogP contribution is -2.17. The van der Waals surface area contributed by atoms with Gasteiger partial charge in [-0.1, -0.05) is 13.8 Å². The van der Waals surface area contributed by atoms with E-state index in [1.807, 2.05) is 6.07 Å². The second kappa shape index (κ2) is 6.64. The van der Waals surface area contributed by atoms with Crippen LogP contribution in [0, 0.1) is 5.92 Å². The molecule has 0 bridgehead atoms. The zero-order chi connectivity index (χ0) is 12.8. The van der Waals surface area contributed by atoms with E-state index in [0.717, 1.165) is 16.6 Å². The van der Waals surface area contributed by atoms with Gasteiger partial charge in [-0.15, -0.1) is 0 Å². The maximum atomic E-state index is 11.4. The minimum atomic E-state index is -0.0977. The van der Waals surface area contributed by atoms with Gasteiger partial charge in [0.1, 0.15) is 5.75 Å². The van der Waals surface area contributed by atoms with Crippen LogP contribution in [0.25, 0.3) is 0 Å². The third-order valence-electron chi connectivity index (χ3n) is 2.37. The van der Waals surface area contributed by atoms with Crippen molar-refractivity contribution in [3.63, 3.8) is 0 Å². The molecule has 17 heavy (non-hydrogen) atoms. The molecule has 0 unspecified atom stereocenters. The van der Waals surface area contributed by atoms with Crippen LogP contribution < -0.4 is 10.1 Å². The normalized spacial score (nSPS) is 10.4. The number of nitrogens with one attached hydrogen (secondary N) is 1. The van der Waals surface area contributed by atoms with E-state index in [1.165, 1.54) is 0 Å². The Kier molecular flexibility index (Phi) is 5.48. The predicted molar refractivity (Wildman–Crippen MR) is 72.5 cm³/mol. The van der Waals surface area contributed by atoms with Crippen molar-refractivity contribution in [3.05, 3.63) is 28.2 Å². The molecule has 1 rings (SSSR count). The first-order valence-corrected chi connectivity index (χ1v) is 6.48. The van der Waals surface area contributed by atoms with Crippen molar-refractivity contribution < 1.29 is 9.53 Å². The second-order valence-corrected chi connectivity index (χ2v) is 5.11. The molecule has 4 heteroatoms. The molecular weight excluding hydrogens is 282 g/mol. The second-order valence-electron chi connectivity index (χ2n) is 4.26. The minimum absolute atomic E-state index is 0.0977. The number of hydrogen-bond acceptors (Lipinski definition) is 2. The maximum Gasteiger partial charge on any atom is 0.251 e. The highest BCUT2D eigenvalue weighted by atomic mass is 79.9. The van der Waals surface area contributed by atoms with Crippen LogP contribution in [0.5, 0.6) is 5.75 Å². The van der Waals surface area contributed by atoms with Crippen LogP contribution in [-0.2, 0) is 0 Å². The van der Waals surface area contributed by atoms with Gasteiger partial charge in [0.2, 0.25) is 0 Å². The molecule has 0 aliphatic rings. The SMILES string of the molecule is CNC(=O)c1ccc(OCCC(C)C)c(Br)c1. The first-order valence-electron chi connectivity index (χ1n) is 5.69. The summed E-state index contributed by atoms with van der Waals surface area (Å²) in [5, 5.41) is 2.59. The van der Waals surface area contributed by atoms with Gasteiger partial charge in [0.15, 0.2) is 0 Å². The standard InChI is InChI=1S/C13H18BrNO2/c1-9(2)6-7-17-12-5-4-10(8-11(12)14)13(16)15-3/h4-5,8-9H,6-7H2,1-3H3,(H,15,16). The Balaban J connectivity index is 2.66. The highest BCUT2D eigenvalue weighted by molar-refractivity contribution is 9.10. The number of benzene rings is 1. The third kappa shape index (κ3) is 4.38. The summed E-state index contributed by atoms with van der Waals surface area (Å²) in [6.45, 7) is 5.01. The molecule has 0 saturated heterocycles. The van der Waals surface area contributed by atoms with Crippen molar-refractivity contribution in [1.29, 1.82) is 0 Å². The van der Waals surface area contributed by atoms with Crippen LogP contribution in [0.2, 0.25) is 0 Å². The lowest BCUT2D eigenvalue weighted by molar-refractivity contribution is 0.0963. The van der Waals surface area contributed by atoms with Gasteiger partial charge in [0.25, 0.3) is 5.91 Å². The maximum absolute atomic E-state index is 11.4. The first kappa shape index (κ1) is 14.0. The Bertz CT molecular complexity index is 391. The number of halogens is 1. The number of carbonyl (C=O) groups excluding carboxylic acids is 1. The Hall–Kier alpha value is -1.03. The van der Waals surface area contributed by atoms with Gasteiger partial charge in [0.05, 0.1) is 11.1 Å². The molecule has 0 atom stereocenters. The monoisotopic (exact) mass is 299 g/mol. The fourth-order valence-electron chi connectivity index (χ4n) is 1.31. The summed E-state index contributed by atoms with van der Waals surface area (Å²) in [4.78, 5) is 11.4. The average molecular weight is 300 g/mol. The minimum Gasteiger partial charge on any atom is -0.492 e. The van der Waals surface area contributed by atoms with E-state index in [-0.39, 0.29) is 5.91 Å². The van der Waals surface area contributed by atoms with Gasteiger partial charge in [-0.3, -0.25) is 4.79 Å². The Morgan fingerprint density at radius 3 is 2.71 bits per heavy atom. The molecule has 0 aliphatic heterocycles. The first-order chi connectivity index (χ1) is 8.04. The zero-order valence-electron chi connectivity index (χ0n) is 10.4. The number of amides is 1. The van der Waals surface area contributed by atoms with Gasteiger partial charge in [-0.2, -0.15) is 0 Å². The van der Waals surface area contributed by atoms with Crippen molar-refractivity contribution in [2.75, 3.05) is 13.7 Å². The van der Waals surface area contributed by atoms with E-state index in [9.17, 15) is 4.79 Å². The van der Waals surface area contributed by atoms with Gasteiger partial charge in [0, 0.05) is 12.6 Å². The fourth-order valence-corrected chi connectivity index (χ4v) is 1.80. The van der Waals surface area contributed by atoms with Crippen LogP contribution in [-0.4, -0.2) is 19.6 Å².